The molecule has 0 spiro atoms. The van der Waals surface area contributed by atoms with Crippen molar-refractivity contribution in [1.29, 1.82) is 0 Å². The molecule has 1 aromatic rings. The Balaban J connectivity index is 1.76. The summed E-state index contributed by atoms with van der Waals surface area (Å²) in [6, 6.07) is 5.07. The van der Waals surface area contributed by atoms with Crippen LogP contribution in [0.1, 0.15) is 19.3 Å². The SMILES string of the molecule is C[NH+](CC(=O)Nc1ccc(OC(F)(F)F)cc1)C[C@@H]1CCCCO1. The Bertz CT molecular complexity index is 528. The monoisotopic (exact) mass is 347 g/mol. The van der Waals surface area contributed by atoms with Gasteiger partial charge < -0.3 is 19.7 Å². The molecule has 1 unspecified atom stereocenters. The Hall–Kier alpha value is -1.80. The summed E-state index contributed by atoms with van der Waals surface area (Å²) in [4.78, 5) is 13.0. The van der Waals surface area contributed by atoms with Gasteiger partial charge in [-0.1, -0.05) is 0 Å². The lowest BCUT2D eigenvalue weighted by molar-refractivity contribution is -0.874. The molecule has 24 heavy (non-hydrogen) atoms. The molecule has 1 aromatic carbocycles. The number of alkyl halides is 3. The zero-order valence-corrected chi connectivity index (χ0v) is 13.5. The molecule has 0 radical (unpaired) electrons. The molecule has 1 amide bonds. The first kappa shape index (κ1) is 18.5. The van der Waals surface area contributed by atoms with Gasteiger partial charge in [-0.25, -0.2) is 0 Å². The first-order valence-corrected chi connectivity index (χ1v) is 7.90. The van der Waals surface area contributed by atoms with Crippen molar-refractivity contribution in [3.05, 3.63) is 24.3 Å². The number of carbonyl (C=O) groups is 1. The summed E-state index contributed by atoms with van der Waals surface area (Å²) in [6.45, 7) is 1.79. The van der Waals surface area contributed by atoms with E-state index in [0.717, 1.165) is 49.4 Å². The van der Waals surface area contributed by atoms with Crippen LogP contribution >= 0.6 is 0 Å². The van der Waals surface area contributed by atoms with Crippen molar-refractivity contribution in [2.75, 3.05) is 32.1 Å². The van der Waals surface area contributed by atoms with Crippen LogP contribution in [0.5, 0.6) is 5.75 Å². The molecule has 1 saturated heterocycles. The van der Waals surface area contributed by atoms with Gasteiger partial charge >= 0.3 is 6.36 Å². The molecule has 0 aliphatic carbocycles. The Morgan fingerprint density at radius 1 is 1.33 bits per heavy atom. The van der Waals surface area contributed by atoms with Gasteiger partial charge in [-0.15, -0.1) is 13.2 Å². The lowest BCUT2D eigenvalue weighted by Crippen LogP contribution is -3.11. The van der Waals surface area contributed by atoms with Crippen LogP contribution in [-0.4, -0.2) is 45.1 Å². The molecule has 2 N–H and O–H groups in total. The number of nitrogens with one attached hydrogen (secondary N) is 2. The second kappa shape index (κ2) is 8.34. The molecule has 1 fully saturated rings. The Morgan fingerprint density at radius 2 is 2.04 bits per heavy atom. The largest absolute Gasteiger partial charge is 0.573 e. The molecule has 8 heteroatoms. The number of benzene rings is 1. The summed E-state index contributed by atoms with van der Waals surface area (Å²) >= 11 is 0. The fourth-order valence-corrected chi connectivity index (χ4v) is 2.65. The highest BCUT2D eigenvalue weighted by molar-refractivity contribution is 5.91. The van der Waals surface area contributed by atoms with Gasteiger partial charge in [-0.05, 0) is 43.5 Å². The second-order valence-corrected chi connectivity index (χ2v) is 5.95. The molecule has 1 heterocycles. The zero-order valence-electron chi connectivity index (χ0n) is 13.5. The molecule has 134 valence electrons. The van der Waals surface area contributed by atoms with Gasteiger partial charge in [0, 0.05) is 12.3 Å². The molecule has 2 atom stereocenters. The van der Waals surface area contributed by atoms with E-state index in [-0.39, 0.29) is 24.3 Å². The van der Waals surface area contributed by atoms with Gasteiger partial charge in [0.15, 0.2) is 6.54 Å². The van der Waals surface area contributed by atoms with Crippen LogP contribution in [0.25, 0.3) is 0 Å². The van der Waals surface area contributed by atoms with Crippen LogP contribution in [0.15, 0.2) is 24.3 Å². The van der Waals surface area contributed by atoms with E-state index in [1.807, 2.05) is 7.05 Å². The van der Waals surface area contributed by atoms with E-state index < -0.39 is 6.36 Å². The third kappa shape index (κ3) is 6.76. The number of hydrogen-bond donors (Lipinski definition) is 2. The molecule has 0 saturated carbocycles. The summed E-state index contributed by atoms with van der Waals surface area (Å²) in [7, 11) is 1.91. The van der Waals surface area contributed by atoms with Crippen LogP contribution < -0.4 is 15.0 Å². The van der Waals surface area contributed by atoms with Gasteiger partial charge in [0.25, 0.3) is 5.91 Å². The van der Waals surface area contributed by atoms with Crippen molar-refractivity contribution in [1.82, 2.24) is 0 Å². The lowest BCUT2D eigenvalue weighted by Gasteiger charge is -2.25. The molecule has 1 aliphatic rings. The van der Waals surface area contributed by atoms with Crippen LogP contribution in [0.4, 0.5) is 18.9 Å². The fourth-order valence-electron chi connectivity index (χ4n) is 2.65. The maximum Gasteiger partial charge on any atom is 0.573 e. The van der Waals surface area contributed by atoms with Crippen molar-refractivity contribution in [3.8, 4) is 5.75 Å². The number of halogens is 3. The molecular weight excluding hydrogens is 325 g/mol. The van der Waals surface area contributed by atoms with Crippen LogP contribution in [-0.2, 0) is 9.53 Å². The van der Waals surface area contributed by atoms with Crippen LogP contribution in [0.2, 0.25) is 0 Å². The third-order valence-corrected chi connectivity index (χ3v) is 3.68. The van der Waals surface area contributed by atoms with Gasteiger partial charge in [0.1, 0.15) is 18.4 Å². The van der Waals surface area contributed by atoms with Crippen molar-refractivity contribution in [3.63, 3.8) is 0 Å². The zero-order chi connectivity index (χ0) is 17.6. The minimum absolute atomic E-state index is 0.186. The van der Waals surface area contributed by atoms with E-state index >= 15 is 0 Å². The Labute approximate surface area is 138 Å². The van der Waals surface area contributed by atoms with E-state index in [1.165, 1.54) is 12.1 Å². The maximum absolute atomic E-state index is 12.1. The average Bonchev–Trinajstić information content (AvgIpc) is 2.48. The number of amides is 1. The van der Waals surface area contributed by atoms with Crippen LogP contribution in [0.3, 0.4) is 0 Å². The third-order valence-electron chi connectivity index (χ3n) is 3.68. The molecule has 2 rings (SSSR count). The second-order valence-electron chi connectivity index (χ2n) is 5.95. The van der Waals surface area contributed by atoms with Crippen molar-refractivity contribution in [2.24, 2.45) is 0 Å². The summed E-state index contributed by atoms with van der Waals surface area (Å²) < 4.78 is 45.7. The minimum Gasteiger partial charge on any atom is -0.406 e. The number of likely N-dealkylation sites (N-methyl/N-ethyl adjacent to an activating group) is 1. The van der Waals surface area contributed by atoms with Gasteiger partial charge in [0.05, 0.1) is 7.05 Å². The summed E-state index contributed by atoms with van der Waals surface area (Å²) in [5, 5.41) is 2.66. The molecule has 5 nitrogen and oxygen atoms in total. The van der Waals surface area contributed by atoms with Gasteiger partial charge in [-0.2, -0.15) is 0 Å². The molecule has 1 aliphatic heterocycles. The quantitative estimate of drug-likeness (QED) is 0.822. The number of quaternary nitrogens is 1. The van der Waals surface area contributed by atoms with E-state index in [1.54, 1.807) is 0 Å². The van der Waals surface area contributed by atoms with Gasteiger partial charge in [0.2, 0.25) is 0 Å². The highest BCUT2D eigenvalue weighted by Crippen LogP contribution is 2.23. The van der Waals surface area contributed by atoms with E-state index in [4.69, 9.17) is 4.74 Å². The number of rotatable bonds is 6. The Kier molecular flexibility index (Phi) is 6.44. The first-order valence-electron chi connectivity index (χ1n) is 7.90. The molecule has 0 bridgehead atoms. The normalized spacial score (nSPS) is 19.6. The molecule has 0 aromatic heterocycles. The molecular formula is C16H22F3N2O3+. The number of ether oxygens (including phenoxy) is 2. The smallest absolute Gasteiger partial charge is 0.406 e. The van der Waals surface area contributed by atoms with Crippen molar-refractivity contribution >= 4 is 11.6 Å². The average molecular weight is 347 g/mol. The summed E-state index contributed by atoms with van der Waals surface area (Å²) in [6.07, 6.45) is -1.29. The first-order chi connectivity index (χ1) is 11.3. The van der Waals surface area contributed by atoms with Gasteiger partial charge in [-0.3, -0.25) is 4.79 Å². The summed E-state index contributed by atoms with van der Waals surface area (Å²) in [5.41, 5.74) is 0.427. The van der Waals surface area contributed by atoms with Crippen LogP contribution in [0, 0.1) is 0 Å². The highest BCUT2D eigenvalue weighted by atomic mass is 19.4. The van der Waals surface area contributed by atoms with Crippen molar-refractivity contribution in [2.45, 2.75) is 31.7 Å². The number of hydrogen-bond acceptors (Lipinski definition) is 3. The Morgan fingerprint density at radius 3 is 2.62 bits per heavy atom. The predicted molar refractivity (Wildman–Crippen MR) is 82.0 cm³/mol. The predicted octanol–water partition coefficient (Wildman–Crippen LogP) is 1.61. The standard InChI is InChI=1S/C16H21F3N2O3/c1-21(10-14-4-2-3-9-23-14)11-15(22)20-12-5-7-13(8-6-12)24-16(17,18)19/h5-8,14H,2-4,9-11H2,1H3,(H,20,22)/p+1/t14-/m0/s1. The highest BCUT2D eigenvalue weighted by Gasteiger charge is 2.31. The van der Waals surface area contributed by atoms with E-state index in [0.29, 0.717) is 5.69 Å². The fraction of sp³-hybridized carbons (Fsp3) is 0.562. The van der Waals surface area contributed by atoms with Crippen molar-refractivity contribution < 1.29 is 32.3 Å². The summed E-state index contributed by atoms with van der Waals surface area (Å²) in [5.74, 6) is -0.523. The lowest BCUT2D eigenvalue weighted by atomic mass is 10.1. The maximum atomic E-state index is 12.1. The van der Waals surface area contributed by atoms with E-state index in [9.17, 15) is 18.0 Å². The number of carbonyl (C=O) groups excluding carboxylic acids is 1. The number of anilines is 1. The van der Waals surface area contributed by atoms with E-state index in [2.05, 4.69) is 10.1 Å². The minimum atomic E-state index is -4.72. The topological polar surface area (TPSA) is 52.0 Å².